The molecule has 7 heteroatoms. The second-order valence-electron chi connectivity index (χ2n) is 5.20. The molecule has 25 heavy (non-hydrogen) atoms. The maximum Gasteiger partial charge on any atom is 0.258 e. The van der Waals surface area contributed by atoms with Crippen molar-refractivity contribution in [3.63, 3.8) is 0 Å². The van der Waals surface area contributed by atoms with Crippen LogP contribution in [-0.4, -0.2) is 10.9 Å². The summed E-state index contributed by atoms with van der Waals surface area (Å²) in [4.78, 5) is 17.4. The molecule has 0 saturated carbocycles. The van der Waals surface area contributed by atoms with Crippen LogP contribution in [0, 0.1) is 17.1 Å². The number of benzene rings is 2. The van der Waals surface area contributed by atoms with Crippen molar-refractivity contribution >= 4 is 38.3 Å². The zero-order valence-electron chi connectivity index (χ0n) is 12.8. The number of nitriles is 1. The first-order valence-electron chi connectivity index (χ1n) is 7.25. The average Bonchev–Trinajstić information content (AvgIpc) is 3.02. The molecule has 0 fully saturated rings. The first kappa shape index (κ1) is 17.3. The number of hydrogen-bond acceptors (Lipinski definition) is 4. The number of carbonyl (C=O) groups is 1. The Morgan fingerprint density at radius 2 is 2.04 bits per heavy atom. The van der Waals surface area contributed by atoms with Crippen molar-refractivity contribution in [2.75, 3.05) is 5.32 Å². The van der Waals surface area contributed by atoms with Crippen molar-refractivity contribution in [3.8, 4) is 6.07 Å². The van der Waals surface area contributed by atoms with Crippen LogP contribution in [0.15, 0.2) is 53.1 Å². The van der Waals surface area contributed by atoms with Gasteiger partial charge in [-0.15, -0.1) is 11.3 Å². The van der Waals surface area contributed by atoms with Crippen LogP contribution in [-0.2, 0) is 6.42 Å². The Balaban J connectivity index is 1.68. The number of aromatic nitrogens is 1. The van der Waals surface area contributed by atoms with Crippen LogP contribution in [0.25, 0.3) is 0 Å². The van der Waals surface area contributed by atoms with E-state index < -0.39 is 5.82 Å². The van der Waals surface area contributed by atoms with Gasteiger partial charge in [-0.3, -0.25) is 10.1 Å². The number of thiazole rings is 1. The topological polar surface area (TPSA) is 65.8 Å². The molecule has 0 aliphatic heterocycles. The maximum absolute atomic E-state index is 13.1. The van der Waals surface area contributed by atoms with Gasteiger partial charge in [0.25, 0.3) is 5.91 Å². The Labute approximate surface area is 156 Å². The molecule has 0 radical (unpaired) electrons. The molecule has 3 rings (SSSR count). The summed E-state index contributed by atoms with van der Waals surface area (Å²) >= 11 is 4.55. The van der Waals surface area contributed by atoms with Gasteiger partial charge in [0.1, 0.15) is 5.82 Å². The van der Waals surface area contributed by atoms with Gasteiger partial charge in [-0.2, -0.15) is 5.26 Å². The molecule has 0 unspecified atom stereocenters. The Morgan fingerprint density at radius 3 is 2.72 bits per heavy atom. The lowest BCUT2D eigenvalue weighted by atomic mass is 10.1. The van der Waals surface area contributed by atoms with Crippen molar-refractivity contribution < 1.29 is 9.18 Å². The van der Waals surface area contributed by atoms with Crippen molar-refractivity contribution in [1.29, 1.82) is 5.26 Å². The van der Waals surface area contributed by atoms with Gasteiger partial charge in [0.05, 0.1) is 17.2 Å². The van der Waals surface area contributed by atoms with Gasteiger partial charge in [-0.1, -0.05) is 12.1 Å². The number of nitrogens with one attached hydrogen (secondary N) is 1. The lowest BCUT2D eigenvalue weighted by molar-refractivity contribution is 0.102. The van der Waals surface area contributed by atoms with E-state index in [0.29, 0.717) is 27.2 Å². The predicted molar refractivity (Wildman–Crippen MR) is 98.1 cm³/mol. The van der Waals surface area contributed by atoms with Crippen LogP contribution in [0.5, 0.6) is 0 Å². The number of hydrogen-bond donors (Lipinski definition) is 1. The fraction of sp³-hybridized carbons (Fsp3) is 0.0556. The van der Waals surface area contributed by atoms with Crippen molar-refractivity contribution in [2.24, 2.45) is 0 Å². The zero-order chi connectivity index (χ0) is 17.8. The molecular formula is C18H11BrFN3OS. The molecule has 3 aromatic rings. The molecule has 1 amide bonds. The highest BCUT2D eigenvalue weighted by atomic mass is 79.9. The highest BCUT2D eigenvalue weighted by Crippen LogP contribution is 2.24. The summed E-state index contributed by atoms with van der Waals surface area (Å²) in [5.41, 5.74) is 2.01. The molecule has 0 spiro atoms. The lowest BCUT2D eigenvalue weighted by Gasteiger charge is -2.04. The van der Waals surface area contributed by atoms with Crippen molar-refractivity contribution in [2.45, 2.75) is 6.42 Å². The number of amides is 1. The van der Waals surface area contributed by atoms with Crippen molar-refractivity contribution in [3.05, 3.63) is 80.5 Å². The summed E-state index contributed by atoms with van der Waals surface area (Å²) in [5.74, 6) is -0.770. The first-order chi connectivity index (χ1) is 12.0. The molecule has 1 heterocycles. The van der Waals surface area contributed by atoms with Gasteiger partial charge in [-0.25, -0.2) is 9.37 Å². The molecule has 0 atom stereocenters. The lowest BCUT2D eigenvalue weighted by Crippen LogP contribution is -2.12. The Morgan fingerprint density at radius 1 is 1.28 bits per heavy atom. The normalized spacial score (nSPS) is 10.3. The van der Waals surface area contributed by atoms with E-state index in [1.54, 1.807) is 18.3 Å². The zero-order valence-corrected chi connectivity index (χ0v) is 15.2. The third-order valence-electron chi connectivity index (χ3n) is 3.41. The number of anilines is 1. The van der Waals surface area contributed by atoms with Gasteiger partial charge in [0, 0.05) is 22.0 Å². The van der Waals surface area contributed by atoms with Gasteiger partial charge >= 0.3 is 0 Å². The van der Waals surface area contributed by atoms with E-state index in [0.717, 1.165) is 10.4 Å². The van der Waals surface area contributed by atoms with Gasteiger partial charge in [0.2, 0.25) is 0 Å². The molecule has 0 saturated heterocycles. The van der Waals surface area contributed by atoms with Gasteiger partial charge in [0.15, 0.2) is 5.13 Å². The van der Waals surface area contributed by atoms with E-state index >= 15 is 0 Å². The van der Waals surface area contributed by atoms with E-state index in [1.807, 2.05) is 12.1 Å². The van der Waals surface area contributed by atoms with E-state index in [1.165, 1.54) is 29.5 Å². The molecular weight excluding hydrogens is 405 g/mol. The second kappa shape index (κ2) is 7.55. The van der Waals surface area contributed by atoms with Crippen LogP contribution in [0.3, 0.4) is 0 Å². The SMILES string of the molecule is N#Cc1ccc(Cc2cnc(NC(=O)c3ccc(F)cc3Br)s2)cc1. The fourth-order valence-corrected chi connectivity index (χ4v) is 3.56. The summed E-state index contributed by atoms with van der Waals surface area (Å²) in [6.07, 6.45) is 2.37. The smallest absolute Gasteiger partial charge is 0.258 e. The fourth-order valence-electron chi connectivity index (χ4n) is 2.18. The standard InChI is InChI=1S/C18H11BrFN3OS/c19-16-8-13(20)5-6-15(16)17(24)23-18-22-10-14(25-18)7-11-1-3-12(9-21)4-2-11/h1-6,8,10H,7H2,(H,22,23,24). The Kier molecular flexibility index (Phi) is 5.22. The Bertz CT molecular complexity index is 963. The van der Waals surface area contributed by atoms with Crippen LogP contribution in [0.4, 0.5) is 9.52 Å². The van der Waals surface area contributed by atoms with Gasteiger partial charge < -0.3 is 0 Å². The predicted octanol–water partition coefficient (Wildman–Crippen LogP) is 4.76. The number of carbonyl (C=O) groups excluding carboxylic acids is 1. The molecule has 1 aromatic heterocycles. The summed E-state index contributed by atoms with van der Waals surface area (Å²) < 4.78 is 13.5. The largest absolute Gasteiger partial charge is 0.298 e. The quantitative estimate of drug-likeness (QED) is 0.667. The van der Waals surface area contributed by atoms with Crippen LogP contribution >= 0.6 is 27.3 Å². The second-order valence-corrected chi connectivity index (χ2v) is 7.17. The van der Waals surface area contributed by atoms with E-state index in [-0.39, 0.29) is 5.91 Å². The number of nitrogens with zero attached hydrogens (tertiary/aromatic N) is 2. The Hall–Kier alpha value is -2.56. The molecule has 0 bridgehead atoms. The van der Waals surface area contributed by atoms with E-state index in [9.17, 15) is 9.18 Å². The first-order valence-corrected chi connectivity index (χ1v) is 8.86. The van der Waals surface area contributed by atoms with Crippen LogP contribution in [0.2, 0.25) is 0 Å². The van der Waals surface area contributed by atoms with Crippen LogP contribution in [0.1, 0.15) is 26.4 Å². The van der Waals surface area contributed by atoms with E-state index in [2.05, 4.69) is 32.3 Å². The molecule has 4 nitrogen and oxygen atoms in total. The van der Waals surface area contributed by atoms with Crippen LogP contribution < -0.4 is 5.32 Å². The highest BCUT2D eigenvalue weighted by molar-refractivity contribution is 9.10. The molecule has 0 aliphatic rings. The molecule has 2 aromatic carbocycles. The number of rotatable bonds is 4. The molecule has 124 valence electrons. The minimum absolute atomic E-state index is 0.338. The monoisotopic (exact) mass is 415 g/mol. The summed E-state index contributed by atoms with van der Waals surface area (Å²) in [5, 5.41) is 12.0. The highest BCUT2D eigenvalue weighted by Gasteiger charge is 2.13. The molecule has 0 aliphatic carbocycles. The summed E-state index contributed by atoms with van der Waals surface area (Å²) in [6, 6.07) is 13.3. The van der Waals surface area contributed by atoms with E-state index in [4.69, 9.17) is 5.26 Å². The molecule has 1 N–H and O–H groups in total. The summed E-state index contributed by atoms with van der Waals surface area (Å²) in [7, 11) is 0. The third-order valence-corrected chi connectivity index (χ3v) is 4.98. The number of halogens is 2. The minimum Gasteiger partial charge on any atom is -0.298 e. The third kappa shape index (κ3) is 4.29. The maximum atomic E-state index is 13.1. The van der Waals surface area contributed by atoms with Gasteiger partial charge in [-0.05, 0) is 51.8 Å². The van der Waals surface area contributed by atoms with Crippen molar-refractivity contribution in [1.82, 2.24) is 4.98 Å². The average molecular weight is 416 g/mol. The summed E-state index contributed by atoms with van der Waals surface area (Å²) in [6.45, 7) is 0. The minimum atomic E-state index is -0.414.